The average Bonchev–Trinajstić information content (AvgIpc) is 2.89. The summed E-state index contributed by atoms with van der Waals surface area (Å²) in [6.45, 7) is 3.34. The Bertz CT molecular complexity index is 479. The maximum Gasteiger partial charge on any atom is 0.0609 e. The third-order valence-electron chi connectivity index (χ3n) is 4.23. The van der Waals surface area contributed by atoms with Gasteiger partial charge < -0.3 is 4.90 Å². The molecular formula is C17H22N2. The van der Waals surface area contributed by atoms with E-state index in [9.17, 15) is 0 Å². The third-order valence-corrected chi connectivity index (χ3v) is 4.23. The highest BCUT2D eigenvalue weighted by atomic mass is 15.1. The molecule has 1 saturated heterocycles. The van der Waals surface area contributed by atoms with Gasteiger partial charge in [0.15, 0.2) is 0 Å². The van der Waals surface area contributed by atoms with E-state index in [0.29, 0.717) is 5.92 Å². The van der Waals surface area contributed by atoms with Crippen LogP contribution in [0.25, 0.3) is 0 Å². The number of allylic oxidation sites excluding steroid dienone is 1. The van der Waals surface area contributed by atoms with Gasteiger partial charge in [0.2, 0.25) is 0 Å². The summed E-state index contributed by atoms with van der Waals surface area (Å²) in [6, 6.07) is 10.7. The molecule has 2 heterocycles. The second-order valence-electron chi connectivity index (χ2n) is 5.78. The SMILES string of the molecule is CN1CCC(C2=NCC(Cc3ccccc3)=C2)CC1. The molecule has 0 aliphatic carbocycles. The van der Waals surface area contributed by atoms with Crippen molar-refractivity contribution in [3.8, 4) is 0 Å². The van der Waals surface area contributed by atoms with Gasteiger partial charge in [0.25, 0.3) is 0 Å². The van der Waals surface area contributed by atoms with Crippen molar-refractivity contribution in [1.29, 1.82) is 0 Å². The Kier molecular flexibility index (Phi) is 3.79. The summed E-state index contributed by atoms with van der Waals surface area (Å²) in [5.74, 6) is 0.699. The number of piperidine rings is 1. The molecule has 0 unspecified atom stereocenters. The minimum Gasteiger partial charge on any atom is -0.306 e. The van der Waals surface area contributed by atoms with Crippen molar-refractivity contribution in [3.63, 3.8) is 0 Å². The molecule has 2 aliphatic heterocycles. The van der Waals surface area contributed by atoms with E-state index >= 15 is 0 Å². The van der Waals surface area contributed by atoms with Gasteiger partial charge in [-0.2, -0.15) is 0 Å². The van der Waals surface area contributed by atoms with Gasteiger partial charge in [-0.15, -0.1) is 0 Å². The minimum absolute atomic E-state index is 0.699. The van der Waals surface area contributed by atoms with E-state index in [0.717, 1.165) is 13.0 Å². The number of benzene rings is 1. The standard InChI is InChI=1S/C17H22N2/c1-19-9-7-16(8-10-19)17-12-15(13-18-17)11-14-5-3-2-4-6-14/h2-6,12,16H,7-11,13H2,1H3. The molecule has 1 aromatic rings. The molecule has 0 spiro atoms. The molecule has 1 aromatic carbocycles. The van der Waals surface area contributed by atoms with Crippen LogP contribution in [0.5, 0.6) is 0 Å². The Morgan fingerprint density at radius 1 is 1.16 bits per heavy atom. The second kappa shape index (κ2) is 5.70. The van der Waals surface area contributed by atoms with Crippen LogP contribution in [-0.4, -0.2) is 37.3 Å². The Balaban J connectivity index is 1.61. The predicted octanol–water partition coefficient (Wildman–Crippen LogP) is 2.95. The van der Waals surface area contributed by atoms with E-state index in [-0.39, 0.29) is 0 Å². The molecule has 0 atom stereocenters. The fraction of sp³-hybridized carbons (Fsp3) is 0.471. The van der Waals surface area contributed by atoms with Crippen LogP contribution in [0.2, 0.25) is 0 Å². The van der Waals surface area contributed by atoms with E-state index < -0.39 is 0 Å². The van der Waals surface area contributed by atoms with Gasteiger partial charge in [-0.25, -0.2) is 0 Å². The van der Waals surface area contributed by atoms with E-state index in [2.05, 4.69) is 48.4 Å². The van der Waals surface area contributed by atoms with E-state index in [1.54, 1.807) is 0 Å². The van der Waals surface area contributed by atoms with Crippen LogP contribution in [0, 0.1) is 5.92 Å². The highest BCUT2D eigenvalue weighted by Gasteiger charge is 2.22. The Hall–Kier alpha value is -1.41. The summed E-state index contributed by atoms with van der Waals surface area (Å²) >= 11 is 0. The van der Waals surface area contributed by atoms with Gasteiger partial charge in [-0.1, -0.05) is 30.3 Å². The summed E-state index contributed by atoms with van der Waals surface area (Å²) in [4.78, 5) is 7.18. The zero-order valence-electron chi connectivity index (χ0n) is 11.7. The largest absolute Gasteiger partial charge is 0.306 e. The van der Waals surface area contributed by atoms with Crippen LogP contribution in [0.15, 0.2) is 47.0 Å². The highest BCUT2D eigenvalue weighted by Crippen LogP contribution is 2.23. The first-order valence-corrected chi connectivity index (χ1v) is 7.27. The Morgan fingerprint density at radius 2 is 1.89 bits per heavy atom. The first-order chi connectivity index (χ1) is 9.31. The van der Waals surface area contributed by atoms with Crippen molar-refractivity contribution in [2.45, 2.75) is 19.3 Å². The molecular weight excluding hydrogens is 232 g/mol. The van der Waals surface area contributed by atoms with Crippen molar-refractivity contribution in [3.05, 3.63) is 47.5 Å². The van der Waals surface area contributed by atoms with Crippen LogP contribution in [0.1, 0.15) is 18.4 Å². The quantitative estimate of drug-likeness (QED) is 0.809. The van der Waals surface area contributed by atoms with E-state index in [1.165, 1.54) is 42.8 Å². The average molecular weight is 254 g/mol. The molecule has 2 nitrogen and oxygen atoms in total. The molecule has 100 valence electrons. The summed E-state index contributed by atoms with van der Waals surface area (Å²) in [7, 11) is 2.21. The van der Waals surface area contributed by atoms with Crippen LogP contribution in [-0.2, 0) is 6.42 Å². The first-order valence-electron chi connectivity index (χ1n) is 7.27. The number of likely N-dealkylation sites (tertiary alicyclic amines) is 1. The van der Waals surface area contributed by atoms with Crippen molar-refractivity contribution >= 4 is 5.71 Å². The maximum absolute atomic E-state index is 4.77. The van der Waals surface area contributed by atoms with Gasteiger partial charge in [0.1, 0.15) is 0 Å². The van der Waals surface area contributed by atoms with Gasteiger partial charge in [0, 0.05) is 11.6 Å². The van der Waals surface area contributed by atoms with Crippen molar-refractivity contribution in [2.24, 2.45) is 10.9 Å². The number of hydrogen-bond acceptors (Lipinski definition) is 2. The summed E-state index contributed by atoms with van der Waals surface area (Å²) < 4.78 is 0. The lowest BCUT2D eigenvalue weighted by atomic mass is 9.91. The molecule has 2 heteroatoms. The van der Waals surface area contributed by atoms with Crippen LogP contribution < -0.4 is 0 Å². The van der Waals surface area contributed by atoms with Crippen LogP contribution in [0.4, 0.5) is 0 Å². The third kappa shape index (κ3) is 3.13. The topological polar surface area (TPSA) is 15.6 Å². The zero-order chi connectivity index (χ0) is 13.1. The molecule has 0 amide bonds. The van der Waals surface area contributed by atoms with Crippen molar-refractivity contribution < 1.29 is 0 Å². The van der Waals surface area contributed by atoms with Gasteiger partial charge in [-0.3, -0.25) is 4.99 Å². The minimum atomic E-state index is 0.699. The summed E-state index contributed by atoms with van der Waals surface area (Å²) in [6.07, 6.45) is 5.96. The van der Waals surface area contributed by atoms with Gasteiger partial charge in [-0.05, 0) is 56.6 Å². The summed E-state index contributed by atoms with van der Waals surface area (Å²) in [5, 5.41) is 0. The normalized spacial score (nSPS) is 21.3. The molecule has 0 N–H and O–H groups in total. The molecule has 0 bridgehead atoms. The molecule has 0 saturated carbocycles. The second-order valence-corrected chi connectivity index (χ2v) is 5.78. The molecule has 0 aromatic heterocycles. The molecule has 3 rings (SSSR count). The number of aliphatic imine (C=N–C) groups is 1. The monoisotopic (exact) mass is 254 g/mol. The molecule has 19 heavy (non-hydrogen) atoms. The van der Waals surface area contributed by atoms with E-state index in [4.69, 9.17) is 4.99 Å². The maximum atomic E-state index is 4.77. The van der Waals surface area contributed by atoms with Gasteiger partial charge >= 0.3 is 0 Å². The Morgan fingerprint density at radius 3 is 2.63 bits per heavy atom. The van der Waals surface area contributed by atoms with Crippen LogP contribution >= 0.6 is 0 Å². The van der Waals surface area contributed by atoms with Crippen molar-refractivity contribution in [1.82, 2.24) is 4.90 Å². The summed E-state index contributed by atoms with van der Waals surface area (Å²) in [5.41, 5.74) is 4.23. The Labute approximate surface area is 115 Å². The molecule has 2 aliphatic rings. The van der Waals surface area contributed by atoms with Crippen LogP contribution in [0.3, 0.4) is 0 Å². The number of hydrogen-bond donors (Lipinski definition) is 0. The zero-order valence-corrected chi connectivity index (χ0v) is 11.7. The fourth-order valence-electron chi connectivity index (χ4n) is 3.01. The van der Waals surface area contributed by atoms with E-state index in [1.807, 2.05) is 0 Å². The smallest absolute Gasteiger partial charge is 0.0609 e. The molecule has 0 radical (unpaired) electrons. The lowest BCUT2D eigenvalue weighted by molar-refractivity contribution is 0.252. The van der Waals surface area contributed by atoms with Crippen molar-refractivity contribution in [2.75, 3.05) is 26.7 Å². The van der Waals surface area contributed by atoms with Gasteiger partial charge in [0.05, 0.1) is 6.54 Å². The highest BCUT2D eigenvalue weighted by molar-refractivity contribution is 5.99. The lowest BCUT2D eigenvalue weighted by Crippen LogP contribution is -2.32. The number of rotatable bonds is 3. The predicted molar refractivity (Wildman–Crippen MR) is 80.8 cm³/mol. The fourth-order valence-corrected chi connectivity index (χ4v) is 3.01. The lowest BCUT2D eigenvalue weighted by Gasteiger charge is -2.28. The first kappa shape index (κ1) is 12.6. The number of nitrogens with zero attached hydrogens (tertiary/aromatic N) is 2. The molecule has 1 fully saturated rings.